The van der Waals surface area contributed by atoms with E-state index in [0.717, 1.165) is 51.4 Å². The normalized spacial score (nSPS) is 38.2. The fourth-order valence-electron chi connectivity index (χ4n) is 7.44. The number of ketones is 1. The standard InChI is InChI=1S/C26H31NO5/c1-25-13-11-19(32-24(29)16-3-6-18(7-4-16)27(30)31)15-17(25)5-8-20-21-9-10-23(28)26(21,2)14-12-22(20)25/h3-7,19-22H,8-15H2,1-2H3/t19?,20-,21-,22+,25-,26-/m0/s1. The molecule has 3 saturated carbocycles. The van der Waals surface area contributed by atoms with Crippen molar-refractivity contribution < 1.29 is 19.2 Å². The lowest BCUT2D eigenvalue weighted by molar-refractivity contribution is -0.384. The number of ether oxygens (including phenoxy) is 1. The minimum absolute atomic E-state index is 0.0376. The van der Waals surface area contributed by atoms with Gasteiger partial charge < -0.3 is 4.74 Å². The molecule has 5 rings (SSSR count). The van der Waals surface area contributed by atoms with E-state index in [1.54, 1.807) is 0 Å². The van der Waals surface area contributed by atoms with Crippen LogP contribution in [0, 0.1) is 38.7 Å². The number of nitrogens with zero attached hydrogens (tertiary/aromatic N) is 1. The summed E-state index contributed by atoms with van der Waals surface area (Å²) in [6, 6.07) is 5.59. The number of carbonyl (C=O) groups is 2. The zero-order valence-corrected chi connectivity index (χ0v) is 18.8. The molecule has 4 aliphatic carbocycles. The monoisotopic (exact) mass is 437 g/mol. The highest BCUT2D eigenvalue weighted by Crippen LogP contribution is 2.64. The Morgan fingerprint density at radius 1 is 1.06 bits per heavy atom. The van der Waals surface area contributed by atoms with E-state index in [0.29, 0.717) is 29.1 Å². The van der Waals surface area contributed by atoms with Gasteiger partial charge in [0.05, 0.1) is 10.5 Å². The van der Waals surface area contributed by atoms with Crippen molar-refractivity contribution in [2.24, 2.45) is 28.6 Å². The summed E-state index contributed by atoms with van der Waals surface area (Å²) >= 11 is 0. The molecule has 4 aliphatic rings. The molecule has 1 aromatic rings. The average Bonchev–Trinajstić information content (AvgIpc) is 3.08. The summed E-state index contributed by atoms with van der Waals surface area (Å²) in [5.41, 5.74) is 1.75. The zero-order chi connectivity index (χ0) is 22.7. The van der Waals surface area contributed by atoms with Crippen LogP contribution < -0.4 is 0 Å². The number of non-ortho nitro benzene ring substituents is 1. The molecule has 170 valence electrons. The number of nitro groups is 1. The number of allylic oxidation sites excluding steroid dienone is 1. The number of rotatable bonds is 3. The number of carbonyl (C=O) groups excluding carboxylic acids is 2. The summed E-state index contributed by atoms with van der Waals surface area (Å²) in [6.07, 6.45) is 9.78. The van der Waals surface area contributed by atoms with Crippen LogP contribution in [0.5, 0.6) is 0 Å². The lowest BCUT2D eigenvalue weighted by Crippen LogP contribution is -2.50. The highest BCUT2D eigenvalue weighted by atomic mass is 16.6. The van der Waals surface area contributed by atoms with Crippen LogP contribution in [0.4, 0.5) is 5.69 Å². The molecule has 6 atom stereocenters. The molecule has 0 spiro atoms. The average molecular weight is 438 g/mol. The molecule has 0 N–H and O–H groups in total. The second kappa shape index (κ2) is 7.53. The Labute approximate surface area is 188 Å². The van der Waals surface area contributed by atoms with Crippen molar-refractivity contribution in [1.29, 1.82) is 0 Å². The van der Waals surface area contributed by atoms with Gasteiger partial charge in [-0.3, -0.25) is 14.9 Å². The first-order valence-electron chi connectivity index (χ1n) is 11.9. The first kappa shape index (κ1) is 21.4. The Kier molecular flexibility index (Phi) is 5.02. The van der Waals surface area contributed by atoms with Gasteiger partial charge in [-0.05, 0) is 73.8 Å². The fourth-order valence-corrected chi connectivity index (χ4v) is 7.44. The molecule has 1 unspecified atom stereocenters. The second-order valence-corrected chi connectivity index (χ2v) is 10.8. The van der Waals surface area contributed by atoms with Gasteiger partial charge in [0.1, 0.15) is 11.9 Å². The number of nitro benzene ring substituents is 1. The van der Waals surface area contributed by atoms with Crippen LogP contribution in [-0.4, -0.2) is 22.8 Å². The minimum Gasteiger partial charge on any atom is -0.458 e. The van der Waals surface area contributed by atoms with Crippen molar-refractivity contribution in [3.63, 3.8) is 0 Å². The first-order valence-corrected chi connectivity index (χ1v) is 11.9. The number of benzene rings is 1. The van der Waals surface area contributed by atoms with Gasteiger partial charge in [-0.25, -0.2) is 4.79 Å². The van der Waals surface area contributed by atoms with Gasteiger partial charge in [0, 0.05) is 30.4 Å². The largest absolute Gasteiger partial charge is 0.458 e. The molecule has 0 saturated heterocycles. The maximum Gasteiger partial charge on any atom is 0.338 e. The molecular weight excluding hydrogens is 406 g/mol. The minimum atomic E-state index is -0.477. The van der Waals surface area contributed by atoms with Crippen molar-refractivity contribution in [3.05, 3.63) is 51.6 Å². The summed E-state index contributed by atoms with van der Waals surface area (Å²) in [7, 11) is 0. The molecule has 6 heteroatoms. The Morgan fingerprint density at radius 2 is 1.75 bits per heavy atom. The van der Waals surface area contributed by atoms with Crippen molar-refractivity contribution in [2.45, 2.75) is 71.3 Å². The van der Waals surface area contributed by atoms with E-state index in [9.17, 15) is 19.7 Å². The van der Waals surface area contributed by atoms with Crippen molar-refractivity contribution in [3.8, 4) is 0 Å². The van der Waals surface area contributed by atoms with Crippen molar-refractivity contribution >= 4 is 17.4 Å². The zero-order valence-electron chi connectivity index (χ0n) is 18.8. The van der Waals surface area contributed by atoms with Gasteiger partial charge in [0.2, 0.25) is 0 Å². The van der Waals surface area contributed by atoms with E-state index < -0.39 is 10.9 Å². The van der Waals surface area contributed by atoms with Gasteiger partial charge in [0.15, 0.2) is 0 Å². The highest BCUT2D eigenvalue weighted by Gasteiger charge is 2.58. The summed E-state index contributed by atoms with van der Waals surface area (Å²) in [5, 5.41) is 10.8. The summed E-state index contributed by atoms with van der Waals surface area (Å²) in [6.45, 7) is 4.60. The third-order valence-electron chi connectivity index (χ3n) is 9.36. The molecule has 0 bridgehead atoms. The number of hydrogen-bond acceptors (Lipinski definition) is 5. The molecule has 0 amide bonds. The molecule has 1 aromatic carbocycles. The molecular formula is C26H31NO5. The SMILES string of the molecule is C[C@]12CCC(OC(=O)c3ccc([N+](=O)[O-])cc3)CC1=CC[C@@H]1[C@H]2CC[C@]2(C)C(=O)CC[C@@H]12. The van der Waals surface area contributed by atoms with Crippen LogP contribution >= 0.6 is 0 Å². The fraction of sp³-hybridized carbons (Fsp3) is 0.615. The smallest absolute Gasteiger partial charge is 0.338 e. The Bertz CT molecular complexity index is 998. The van der Waals surface area contributed by atoms with Crippen LogP contribution in [0.15, 0.2) is 35.9 Å². The first-order chi connectivity index (χ1) is 15.2. The summed E-state index contributed by atoms with van der Waals surface area (Å²) in [5.74, 6) is 1.77. The third kappa shape index (κ3) is 3.22. The number of Topliss-reactive ketones (excluding diaryl/α,β-unsaturated/α-hetero) is 1. The predicted octanol–water partition coefficient (Wildman–Crippen LogP) is 5.65. The molecule has 32 heavy (non-hydrogen) atoms. The number of esters is 1. The van der Waals surface area contributed by atoms with Crippen LogP contribution in [0.2, 0.25) is 0 Å². The van der Waals surface area contributed by atoms with Crippen LogP contribution in [0.3, 0.4) is 0 Å². The van der Waals surface area contributed by atoms with Crippen molar-refractivity contribution in [2.75, 3.05) is 0 Å². The lowest BCUT2D eigenvalue weighted by atomic mass is 9.48. The van der Waals surface area contributed by atoms with Crippen LogP contribution in [-0.2, 0) is 9.53 Å². The summed E-state index contributed by atoms with van der Waals surface area (Å²) in [4.78, 5) is 35.5. The highest BCUT2D eigenvalue weighted by molar-refractivity contribution is 5.89. The number of hydrogen-bond donors (Lipinski definition) is 0. The predicted molar refractivity (Wildman–Crippen MR) is 119 cm³/mol. The Hall–Kier alpha value is -2.50. The molecule has 3 fully saturated rings. The van der Waals surface area contributed by atoms with Gasteiger partial charge in [0.25, 0.3) is 5.69 Å². The third-order valence-corrected chi connectivity index (χ3v) is 9.36. The molecule has 0 aromatic heterocycles. The molecule has 0 aliphatic heterocycles. The molecule has 6 nitrogen and oxygen atoms in total. The quantitative estimate of drug-likeness (QED) is 0.264. The van der Waals surface area contributed by atoms with E-state index in [1.807, 2.05) is 0 Å². The maximum atomic E-state index is 12.6. The van der Waals surface area contributed by atoms with Crippen LogP contribution in [0.25, 0.3) is 0 Å². The number of fused-ring (bicyclic) bond motifs is 5. The van der Waals surface area contributed by atoms with Gasteiger partial charge in [-0.1, -0.05) is 25.5 Å². The molecule has 0 radical (unpaired) electrons. The van der Waals surface area contributed by atoms with Gasteiger partial charge >= 0.3 is 5.97 Å². The van der Waals surface area contributed by atoms with E-state index in [-0.39, 0.29) is 22.6 Å². The van der Waals surface area contributed by atoms with Gasteiger partial charge in [-0.2, -0.15) is 0 Å². The van der Waals surface area contributed by atoms with Crippen molar-refractivity contribution in [1.82, 2.24) is 0 Å². The maximum absolute atomic E-state index is 12.6. The Balaban J connectivity index is 1.29. The van der Waals surface area contributed by atoms with Crippen LogP contribution in [0.1, 0.15) is 75.6 Å². The topological polar surface area (TPSA) is 86.5 Å². The van der Waals surface area contributed by atoms with Gasteiger partial charge in [-0.15, -0.1) is 0 Å². The second-order valence-electron chi connectivity index (χ2n) is 10.8. The Morgan fingerprint density at radius 3 is 2.47 bits per heavy atom. The summed E-state index contributed by atoms with van der Waals surface area (Å²) < 4.78 is 5.81. The van der Waals surface area contributed by atoms with E-state index in [1.165, 1.54) is 29.8 Å². The van der Waals surface area contributed by atoms with E-state index in [4.69, 9.17) is 4.74 Å². The van der Waals surface area contributed by atoms with E-state index in [2.05, 4.69) is 19.9 Å². The van der Waals surface area contributed by atoms with E-state index >= 15 is 0 Å². The molecule has 0 heterocycles. The lowest BCUT2D eigenvalue weighted by Gasteiger charge is -2.56.